The first-order chi connectivity index (χ1) is 21.0. The predicted octanol–water partition coefficient (Wildman–Crippen LogP) is 7.10. The third-order valence-corrected chi connectivity index (χ3v) is 7.47. The maximum Gasteiger partial charge on any atom is 0.267 e. The number of allylic oxidation sites excluding steroid dienone is 1. The molecule has 1 aliphatic rings. The zero-order chi connectivity index (χ0) is 29.9. The molecule has 5 aromatic rings. The second-order valence-corrected chi connectivity index (χ2v) is 9.88. The zero-order valence-electron chi connectivity index (χ0n) is 23.5. The minimum atomic E-state index is -0.680. The van der Waals surface area contributed by atoms with Crippen molar-refractivity contribution in [2.24, 2.45) is 0 Å². The van der Waals surface area contributed by atoms with Crippen molar-refractivity contribution in [3.8, 4) is 23.3 Å². The van der Waals surface area contributed by atoms with Gasteiger partial charge in [0, 0.05) is 16.7 Å². The zero-order valence-corrected chi connectivity index (χ0v) is 23.5. The third-order valence-electron chi connectivity index (χ3n) is 7.47. The number of carbonyl (C=O) groups is 2. The lowest BCUT2D eigenvalue weighted by atomic mass is 9.81. The maximum absolute atomic E-state index is 14.1. The number of amides is 2. The molecular weight excluding hydrogens is 540 g/mol. The van der Waals surface area contributed by atoms with Crippen molar-refractivity contribution in [2.75, 3.05) is 14.2 Å². The van der Waals surface area contributed by atoms with Crippen LogP contribution in [0.1, 0.15) is 37.8 Å². The van der Waals surface area contributed by atoms with Crippen molar-refractivity contribution in [3.05, 3.63) is 149 Å². The molecule has 7 heteroatoms. The monoisotopic (exact) mass is 566 g/mol. The number of benzene rings is 5. The van der Waals surface area contributed by atoms with E-state index < -0.39 is 17.7 Å². The Kier molecular flexibility index (Phi) is 7.34. The van der Waals surface area contributed by atoms with Crippen LogP contribution in [0.15, 0.2) is 127 Å². The molecule has 1 heterocycles. The van der Waals surface area contributed by atoms with Crippen LogP contribution >= 0.6 is 0 Å². The van der Waals surface area contributed by atoms with E-state index in [-0.39, 0.29) is 22.6 Å². The Bertz CT molecular complexity index is 1860. The number of hydrogen-bond donors (Lipinski definition) is 0. The number of ether oxygens (including phenoxy) is 3. The molecule has 0 radical (unpaired) electrons. The first-order valence-corrected chi connectivity index (χ1v) is 13.6. The van der Waals surface area contributed by atoms with Gasteiger partial charge in [0.05, 0.1) is 20.1 Å². The topological polar surface area (TPSA) is 88.9 Å². The molecule has 5 aromatic carbocycles. The number of fused-ring (bicyclic) bond motifs is 3. The minimum Gasteiger partial charge on any atom is -0.497 e. The summed E-state index contributed by atoms with van der Waals surface area (Å²) in [7, 11) is 3.18. The van der Waals surface area contributed by atoms with E-state index in [1.54, 1.807) is 80.9 Å². The van der Waals surface area contributed by atoms with Gasteiger partial charge < -0.3 is 14.2 Å². The summed E-state index contributed by atoms with van der Waals surface area (Å²) >= 11 is 0. The number of hydrogen-bond acceptors (Lipinski definition) is 6. The molecule has 0 fully saturated rings. The summed E-state index contributed by atoms with van der Waals surface area (Å²) in [5.41, 5.74) is 2.14. The van der Waals surface area contributed by atoms with E-state index in [1.165, 1.54) is 0 Å². The van der Waals surface area contributed by atoms with Gasteiger partial charge in [-0.2, -0.15) is 5.26 Å². The van der Waals surface area contributed by atoms with Crippen molar-refractivity contribution in [1.29, 1.82) is 5.26 Å². The highest BCUT2D eigenvalue weighted by molar-refractivity contribution is 6.12. The fourth-order valence-electron chi connectivity index (χ4n) is 5.35. The van der Waals surface area contributed by atoms with Crippen LogP contribution in [0.4, 0.5) is 0 Å². The Hall–Kier alpha value is -5.87. The van der Waals surface area contributed by atoms with Gasteiger partial charge in [0.2, 0.25) is 5.88 Å². The highest BCUT2D eigenvalue weighted by Crippen LogP contribution is 2.48. The average molecular weight is 567 g/mol. The van der Waals surface area contributed by atoms with Crippen molar-refractivity contribution in [3.63, 3.8) is 0 Å². The average Bonchev–Trinajstić information content (AvgIpc) is 3.08. The SMILES string of the molecule is COc1ccc(C2C(C#N)=C(N(C(=O)c3ccccc3)C(=O)c3ccccc3)Oc3ccc4ccc(OC)cc4c32)cc1. The van der Waals surface area contributed by atoms with E-state index in [9.17, 15) is 14.9 Å². The molecule has 0 bridgehead atoms. The molecule has 1 atom stereocenters. The van der Waals surface area contributed by atoms with Gasteiger partial charge in [0.1, 0.15) is 28.9 Å². The van der Waals surface area contributed by atoms with Crippen LogP contribution in [-0.4, -0.2) is 30.9 Å². The second kappa shape index (κ2) is 11.6. The first kappa shape index (κ1) is 27.3. The summed E-state index contributed by atoms with van der Waals surface area (Å²) in [6.45, 7) is 0. The minimum absolute atomic E-state index is 0.113. The van der Waals surface area contributed by atoms with Gasteiger partial charge in [-0.05, 0) is 70.9 Å². The summed E-state index contributed by atoms with van der Waals surface area (Å²) in [6.07, 6.45) is 0. The standard InChI is InChI=1S/C36H26N2O5/c1-41-27-17-14-24(15-18-27)32-30(22-37)36(43-31-20-16-23-13-19-28(42-2)21-29(23)33(31)32)38(34(39)25-9-5-3-6-10-25)35(40)26-11-7-4-8-12-26/h3-21,32H,1-2H3. The van der Waals surface area contributed by atoms with Gasteiger partial charge in [0.25, 0.3) is 11.8 Å². The van der Waals surface area contributed by atoms with Crippen LogP contribution in [0.25, 0.3) is 10.8 Å². The van der Waals surface area contributed by atoms with Crippen LogP contribution in [0.5, 0.6) is 17.2 Å². The first-order valence-electron chi connectivity index (χ1n) is 13.6. The van der Waals surface area contributed by atoms with Crippen molar-refractivity contribution in [1.82, 2.24) is 4.90 Å². The molecule has 0 aliphatic carbocycles. The Morgan fingerprint density at radius 1 is 0.744 bits per heavy atom. The molecule has 0 aromatic heterocycles. The fraction of sp³-hybridized carbons (Fsp3) is 0.0833. The third kappa shape index (κ3) is 4.96. The van der Waals surface area contributed by atoms with Gasteiger partial charge >= 0.3 is 0 Å². The lowest BCUT2D eigenvalue weighted by Crippen LogP contribution is -2.40. The number of imide groups is 1. The maximum atomic E-state index is 14.1. The Labute approximate surface area is 248 Å². The molecule has 210 valence electrons. The van der Waals surface area contributed by atoms with Crippen molar-refractivity contribution < 1.29 is 23.8 Å². The molecule has 0 saturated carbocycles. The summed E-state index contributed by atoms with van der Waals surface area (Å²) in [5, 5.41) is 12.5. The smallest absolute Gasteiger partial charge is 0.267 e. The predicted molar refractivity (Wildman–Crippen MR) is 162 cm³/mol. The molecule has 1 aliphatic heterocycles. The molecule has 1 unspecified atom stereocenters. The number of nitriles is 1. The number of rotatable bonds is 6. The lowest BCUT2D eigenvalue weighted by molar-refractivity contribution is 0.0597. The van der Waals surface area contributed by atoms with Crippen LogP contribution in [0.3, 0.4) is 0 Å². The van der Waals surface area contributed by atoms with Gasteiger partial charge in [-0.15, -0.1) is 0 Å². The highest BCUT2D eigenvalue weighted by atomic mass is 16.5. The normalized spacial score (nSPS) is 13.8. The van der Waals surface area contributed by atoms with Gasteiger partial charge in [-0.25, -0.2) is 4.90 Å². The fourth-order valence-corrected chi connectivity index (χ4v) is 5.35. The Morgan fingerprint density at radius 2 is 1.30 bits per heavy atom. The quantitative estimate of drug-likeness (QED) is 0.204. The van der Waals surface area contributed by atoms with Crippen LogP contribution in [0, 0.1) is 11.3 Å². The van der Waals surface area contributed by atoms with E-state index in [0.29, 0.717) is 17.2 Å². The molecular formula is C36H26N2O5. The molecule has 43 heavy (non-hydrogen) atoms. The van der Waals surface area contributed by atoms with Gasteiger partial charge in [-0.1, -0.05) is 60.7 Å². The summed E-state index contributed by atoms with van der Waals surface area (Å²) in [4.78, 5) is 29.2. The number of carbonyl (C=O) groups excluding carboxylic acids is 2. The Balaban J connectivity index is 1.63. The number of methoxy groups -OCH3 is 2. The molecule has 2 amide bonds. The Morgan fingerprint density at radius 3 is 1.86 bits per heavy atom. The molecule has 6 rings (SSSR count). The van der Waals surface area contributed by atoms with Crippen LogP contribution < -0.4 is 14.2 Å². The summed E-state index contributed by atoms with van der Waals surface area (Å²) in [6, 6.07) is 36.0. The van der Waals surface area contributed by atoms with E-state index in [1.807, 2.05) is 48.5 Å². The largest absolute Gasteiger partial charge is 0.497 e. The highest BCUT2D eigenvalue weighted by Gasteiger charge is 2.40. The molecule has 0 N–H and O–H groups in total. The van der Waals surface area contributed by atoms with E-state index in [0.717, 1.165) is 26.8 Å². The van der Waals surface area contributed by atoms with E-state index in [2.05, 4.69) is 6.07 Å². The lowest BCUT2D eigenvalue weighted by Gasteiger charge is -2.33. The van der Waals surface area contributed by atoms with Crippen molar-refractivity contribution in [2.45, 2.75) is 5.92 Å². The number of nitrogens with zero attached hydrogens (tertiary/aromatic N) is 2. The van der Waals surface area contributed by atoms with E-state index >= 15 is 0 Å². The van der Waals surface area contributed by atoms with Gasteiger partial charge in [-0.3, -0.25) is 9.59 Å². The summed E-state index contributed by atoms with van der Waals surface area (Å²) in [5.74, 6) is -0.336. The van der Waals surface area contributed by atoms with Crippen molar-refractivity contribution >= 4 is 22.6 Å². The molecule has 0 spiro atoms. The summed E-state index contributed by atoms with van der Waals surface area (Å²) < 4.78 is 17.3. The molecule has 0 saturated heterocycles. The van der Waals surface area contributed by atoms with Crippen LogP contribution in [0.2, 0.25) is 0 Å². The second-order valence-electron chi connectivity index (χ2n) is 9.88. The van der Waals surface area contributed by atoms with Gasteiger partial charge in [0.15, 0.2) is 0 Å². The van der Waals surface area contributed by atoms with E-state index in [4.69, 9.17) is 14.2 Å². The molecule has 7 nitrogen and oxygen atoms in total. The van der Waals surface area contributed by atoms with Crippen LogP contribution in [-0.2, 0) is 0 Å².